The van der Waals surface area contributed by atoms with Crippen molar-refractivity contribution in [3.8, 4) is 0 Å². The molecule has 0 aliphatic carbocycles. The second-order valence-corrected chi connectivity index (χ2v) is 4.21. The molecular weight excluding hydrogens is 235 g/mol. The summed E-state index contributed by atoms with van der Waals surface area (Å²) in [6, 6.07) is 1.93. The van der Waals surface area contributed by atoms with Crippen molar-refractivity contribution < 1.29 is 9.09 Å². The largest absolute Gasteiger partial charge is 0.327 e. The van der Waals surface area contributed by atoms with E-state index < -0.39 is 0 Å². The Morgan fingerprint density at radius 3 is 3.10 bits per heavy atom. The molecule has 0 aromatic carbocycles. The second-order valence-electron chi connectivity index (χ2n) is 1.57. The Balaban J connectivity index is 2.56. The summed E-state index contributed by atoms with van der Waals surface area (Å²) in [6.45, 7) is 0.398. The van der Waals surface area contributed by atoms with Crippen LogP contribution in [-0.2, 0) is 15.7 Å². The molecule has 1 aromatic heterocycles. The number of thiophene rings is 1. The summed E-state index contributed by atoms with van der Waals surface area (Å²) in [4.78, 5) is 0. The SMILES string of the molecule is O=POCc1ccsc1Br. The van der Waals surface area contributed by atoms with Crippen LogP contribution in [0.3, 0.4) is 0 Å². The minimum Gasteiger partial charge on any atom is -0.289 e. The minimum atomic E-state index is -0.266. The van der Waals surface area contributed by atoms with Gasteiger partial charge in [0.05, 0.1) is 10.4 Å². The molecule has 2 nitrogen and oxygen atoms in total. The molecule has 10 heavy (non-hydrogen) atoms. The van der Waals surface area contributed by atoms with E-state index in [0.29, 0.717) is 6.61 Å². The molecule has 0 amide bonds. The molecule has 0 saturated carbocycles. The molecule has 5 heteroatoms. The monoisotopic (exact) mass is 238 g/mol. The van der Waals surface area contributed by atoms with E-state index in [0.717, 1.165) is 9.35 Å². The highest BCUT2D eigenvalue weighted by Crippen LogP contribution is 2.24. The normalized spacial score (nSPS) is 10.5. The standard InChI is InChI=1S/C5H4BrO2PS/c6-5-4(1-2-10-5)3-8-9-7/h1-2H,3H2. The van der Waals surface area contributed by atoms with E-state index in [9.17, 15) is 4.57 Å². The Labute approximate surface area is 72.6 Å². The van der Waals surface area contributed by atoms with Crippen LogP contribution in [0.15, 0.2) is 15.2 Å². The molecule has 1 heterocycles. The molecule has 0 spiro atoms. The molecule has 0 atom stereocenters. The Morgan fingerprint density at radius 2 is 2.60 bits per heavy atom. The third kappa shape index (κ3) is 2.13. The first-order valence-corrected chi connectivity index (χ1v) is 4.91. The number of hydrogen-bond acceptors (Lipinski definition) is 3. The quantitative estimate of drug-likeness (QED) is 0.757. The van der Waals surface area contributed by atoms with Gasteiger partial charge in [0.25, 0.3) is 0 Å². The van der Waals surface area contributed by atoms with Crippen LogP contribution in [0.2, 0.25) is 0 Å². The lowest BCUT2D eigenvalue weighted by atomic mass is 10.4. The molecule has 0 unspecified atom stereocenters. The fourth-order valence-electron chi connectivity index (χ4n) is 0.518. The second kappa shape index (κ2) is 4.19. The summed E-state index contributed by atoms with van der Waals surface area (Å²) in [7, 11) is -0.266. The molecule has 1 aromatic rings. The maximum Gasteiger partial charge on any atom is 0.327 e. The van der Waals surface area contributed by atoms with Gasteiger partial charge in [-0.25, -0.2) is 4.57 Å². The van der Waals surface area contributed by atoms with E-state index >= 15 is 0 Å². The zero-order valence-corrected chi connectivity index (χ0v) is 8.21. The molecule has 1 rings (SSSR count). The highest BCUT2D eigenvalue weighted by Gasteiger charge is 1.99. The summed E-state index contributed by atoms with van der Waals surface area (Å²) in [5.74, 6) is 0. The van der Waals surface area contributed by atoms with Crippen molar-refractivity contribution in [2.45, 2.75) is 6.61 Å². The average Bonchev–Trinajstić information content (AvgIpc) is 2.31. The average molecular weight is 239 g/mol. The Bertz CT molecular complexity index is 225. The maximum atomic E-state index is 9.87. The van der Waals surface area contributed by atoms with Crippen LogP contribution >= 0.6 is 36.0 Å². The van der Waals surface area contributed by atoms with Crippen molar-refractivity contribution in [1.82, 2.24) is 0 Å². The van der Waals surface area contributed by atoms with E-state index in [1.807, 2.05) is 11.4 Å². The molecule has 0 bridgehead atoms. The Hall–Kier alpha value is 0.240. The van der Waals surface area contributed by atoms with Crippen LogP contribution in [0.5, 0.6) is 0 Å². The van der Waals surface area contributed by atoms with Gasteiger partial charge in [-0.05, 0) is 27.4 Å². The third-order valence-electron chi connectivity index (χ3n) is 0.966. The third-order valence-corrected chi connectivity index (χ3v) is 3.01. The number of rotatable bonds is 3. The lowest BCUT2D eigenvalue weighted by Crippen LogP contribution is -1.78. The summed E-state index contributed by atoms with van der Waals surface area (Å²) in [6.07, 6.45) is 0. The van der Waals surface area contributed by atoms with Gasteiger partial charge in [-0.3, -0.25) is 4.52 Å². The van der Waals surface area contributed by atoms with E-state index in [1.54, 1.807) is 11.3 Å². The first kappa shape index (κ1) is 8.34. The van der Waals surface area contributed by atoms with E-state index in [-0.39, 0.29) is 8.69 Å². The number of hydrogen-bond donors (Lipinski definition) is 0. The van der Waals surface area contributed by atoms with Crippen LogP contribution in [0.25, 0.3) is 0 Å². The van der Waals surface area contributed by atoms with Gasteiger partial charge in [0.1, 0.15) is 0 Å². The lowest BCUT2D eigenvalue weighted by molar-refractivity contribution is 0.332. The van der Waals surface area contributed by atoms with Gasteiger partial charge in [-0.2, -0.15) is 0 Å². The van der Waals surface area contributed by atoms with Crippen molar-refractivity contribution >= 4 is 36.0 Å². The maximum absolute atomic E-state index is 9.87. The van der Waals surface area contributed by atoms with Gasteiger partial charge in [-0.15, -0.1) is 11.3 Å². The van der Waals surface area contributed by atoms with Crippen LogP contribution in [0.4, 0.5) is 0 Å². The first-order valence-electron chi connectivity index (χ1n) is 2.51. The predicted octanol–water partition coefficient (Wildman–Crippen LogP) is 3.23. The number of halogens is 1. The van der Waals surface area contributed by atoms with Crippen molar-refractivity contribution in [3.63, 3.8) is 0 Å². The van der Waals surface area contributed by atoms with Gasteiger partial charge in [0, 0.05) is 5.56 Å². The zero-order chi connectivity index (χ0) is 7.40. The van der Waals surface area contributed by atoms with Crippen LogP contribution in [0.1, 0.15) is 5.56 Å². The molecule has 0 N–H and O–H groups in total. The van der Waals surface area contributed by atoms with Crippen molar-refractivity contribution in [2.24, 2.45) is 0 Å². The van der Waals surface area contributed by atoms with Crippen LogP contribution in [0, 0.1) is 0 Å². The molecule has 0 aliphatic rings. The summed E-state index contributed by atoms with van der Waals surface area (Å²) < 4.78 is 15.6. The summed E-state index contributed by atoms with van der Waals surface area (Å²) in [5.41, 5.74) is 1.04. The van der Waals surface area contributed by atoms with Crippen LogP contribution < -0.4 is 0 Å². The minimum absolute atomic E-state index is 0.266. The predicted molar refractivity (Wildman–Crippen MR) is 44.4 cm³/mol. The fraction of sp³-hybridized carbons (Fsp3) is 0.200. The molecule has 0 saturated heterocycles. The topological polar surface area (TPSA) is 26.3 Å². The highest BCUT2D eigenvalue weighted by atomic mass is 79.9. The van der Waals surface area contributed by atoms with Gasteiger partial charge in [0.15, 0.2) is 0 Å². The molecule has 0 aliphatic heterocycles. The molecule has 0 fully saturated rings. The fourth-order valence-corrected chi connectivity index (χ4v) is 1.91. The Morgan fingerprint density at radius 1 is 1.80 bits per heavy atom. The van der Waals surface area contributed by atoms with E-state index in [1.165, 1.54) is 0 Å². The van der Waals surface area contributed by atoms with Gasteiger partial charge < -0.3 is 0 Å². The molecular formula is C5H4BrO2PS. The van der Waals surface area contributed by atoms with E-state index in [2.05, 4.69) is 20.5 Å². The Kier molecular flexibility index (Phi) is 3.49. The van der Waals surface area contributed by atoms with Gasteiger partial charge >= 0.3 is 8.69 Å². The lowest BCUT2D eigenvalue weighted by Gasteiger charge is -1.90. The van der Waals surface area contributed by atoms with E-state index in [4.69, 9.17) is 0 Å². The summed E-state index contributed by atoms with van der Waals surface area (Å²) >= 11 is 4.92. The van der Waals surface area contributed by atoms with Gasteiger partial charge in [-0.1, -0.05) is 0 Å². The first-order chi connectivity index (χ1) is 4.84. The van der Waals surface area contributed by atoms with Crippen molar-refractivity contribution in [3.05, 3.63) is 20.8 Å². The molecule has 0 radical (unpaired) electrons. The van der Waals surface area contributed by atoms with Crippen molar-refractivity contribution in [2.75, 3.05) is 0 Å². The summed E-state index contributed by atoms with van der Waals surface area (Å²) in [5, 5.41) is 1.95. The zero-order valence-electron chi connectivity index (χ0n) is 4.91. The smallest absolute Gasteiger partial charge is 0.289 e. The van der Waals surface area contributed by atoms with Gasteiger partial charge in [0.2, 0.25) is 0 Å². The highest BCUT2D eigenvalue weighted by molar-refractivity contribution is 9.11. The van der Waals surface area contributed by atoms with Crippen molar-refractivity contribution in [1.29, 1.82) is 0 Å². The van der Waals surface area contributed by atoms with Crippen LogP contribution in [-0.4, -0.2) is 0 Å². The molecule has 54 valence electrons.